The van der Waals surface area contributed by atoms with Crippen LogP contribution in [-0.4, -0.2) is 53.4 Å². The third kappa shape index (κ3) is 6.90. The number of halogens is 1. The molecule has 1 aliphatic rings. The zero-order valence-electron chi connectivity index (χ0n) is 29.1. The van der Waals surface area contributed by atoms with E-state index in [4.69, 9.17) is 21.1 Å². The van der Waals surface area contributed by atoms with Crippen LogP contribution in [0.25, 0.3) is 22.0 Å². The number of H-pyrrole nitrogens is 1. The predicted molar refractivity (Wildman–Crippen MR) is 195 cm³/mol. The molecule has 3 heterocycles. The Kier molecular flexibility index (Phi) is 10.0. The highest BCUT2D eigenvalue weighted by Gasteiger charge is 2.24. The number of nitrogens with zero attached hydrogens (tertiary/aromatic N) is 3. The Morgan fingerprint density at radius 2 is 1.76 bits per heavy atom. The average molecular weight is 682 g/mol. The number of aromatic amines is 1. The number of hydrogen-bond donors (Lipinski definition) is 2. The topological polar surface area (TPSA) is 101 Å². The molecule has 3 aromatic carbocycles. The minimum atomic E-state index is -0.382. The molecule has 0 spiro atoms. The lowest BCUT2D eigenvalue weighted by molar-refractivity contribution is 0.0601. The molecule has 0 saturated carbocycles. The van der Waals surface area contributed by atoms with E-state index in [-0.39, 0.29) is 18.4 Å². The fourth-order valence-electron chi connectivity index (χ4n) is 7.00. The molecule has 6 rings (SSSR count). The summed E-state index contributed by atoms with van der Waals surface area (Å²) in [6.45, 7) is 10.6. The van der Waals surface area contributed by atoms with Crippen molar-refractivity contribution in [3.05, 3.63) is 98.5 Å². The molecule has 0 bridgehead atoms. The first kappa shape index (κ1) is 34.1. The number of fused-ring (bicyclic) bond motifs is 1. The maximum Gasteiger partial charge on any atom is 0.339 e. The van der Waals surface area contributed by atoms with Crippen molar-refractivity contribution in [2.75, 3.05) is 31.7 Å². The third-order valence-corrected chi connectivity index (χ3v) is 10.2. The first-order valence-corrected chi connectivity index (χ1v) is 17.2. The molecular weight excluding hydrogens is 638 g/mol. The van der Waals surface area contributed by atoms with Gasteiger partial charge in [0.1, 0.15) is 11.4 Å². The molecule has 0 radical (unpaired) electrons. The van der Waals surface area contributed by atoms with Crippen molar-refractivity contribution >= 4 is 40.1 Å². The SMILES string of the molecule is COC(=O)c1cc(CNC(=O)c2[nH]c3c(-c4c(C)nn(C)c4C)cccc3c2CCCOc2cc(C)c(Cl)c(C)c2)ccc1N1CCCC1. The lowest BCUT2D eigenvalue weighted by Crippen LogP contribution is -2.25. The molecule has 9 nitrogen and oxygen atoms in total. The van der Waals surface area contributed by atoms with Gasteiger partial charge in [-0.15, -0.1) is 0 Å². The van der Waals surface area contributed by atoms with Crippen molar-refractivity contribution in [1.29, 1.82) is 0 Å². The summed E-state index contributed by atoms with van der Waals surface area (Å²) in [4.78, 5) is 32.5. The van der Waals surface area contributed by atoms with Gasteiger partial charge in [0.2, 0.25) is 0 Å². The number of aryl methyl sites for hydroxylation is 5. The van der Waals surface area contributed by atoms with E-state index in [1.165, 1.54) is 7.11 Å². The van der Waals surface area contributed by atoms with Crippen molar-refractivity contribution in [1.82, 2.24) is 20.1 Å². The number of carbonyl (C=O) groups excluding carboxylic acids is 2. The number of amides is 1. The van der Waals surface area contributed by atoms with Crippen molar-refractivity contribution in [3.8, 4) is 16.9 Å². The number of benzene rings is 3. The standard InChI is InChI=1S/C39H44ClN5O4/c1-23-19-28(20-24(2)35(23)40)49-18-10-13-30-29-11-9-12-31(34-25(3)43-44(5)26(34)4)36(29)42-37(30)38(46)41-22-27-14-15-33(45-16-7-8-17-45)32(21-27)39(47)48-6/h9,11-12,14-15,19-21,42H,7-8,10,13,16-18,22H2,1-6H3,(H,41,46). The van der Waals surface area contributed by atoms with Gasteiger partial charge in [0.25, 0.3) is 5.91 Å². The molecule has 1 fully saturated rings. The maximum atomic E-state index is 14.0. The highest BCUT2D eigenvalue weighted by atomic mass is 35.5. The van der Waals surface area contributed by atoms with Crippen LogP contribution in [0.4, 0.5) is 5.69 Å². The van der Waals surface area contributed by atoms with E-state index >= 15 is 0 Å². The number of ether oxygens (including phenoxy) is 2. The van der Waals surface area contributed by atoms with E-state index in [1.54, 1.807) is 0 Å². The number of nitrogens with one attached hydrogen (secondary N) is 2. The second-order valence-corrected chi connectivity index (χ2v) is 13.3. The molecule has 256 valence electrons. The number of rotatable bonds is 11. The van der Waals surface area contributed by atoms with Gasteiger partial charge in [0.05, 0.1) is 36.2 Å². The normalized spacial score (nSPS) is 12.9. The summed E-state index contributed by atoms with van der Waals surface area (Å²) in [6.07, 6.45) is 3.52. The molecule has 1 amide bonds. The van der Waals surface area contributed by atoms with E-state index in [9.17, 15) is 9.59 Å². The van der Waals surface area contributed by atoms with Gasteiger partial charge in [0.15, 0.2) is 0 Å². The minimum Gasteiger partial charge on any atom is -0.494 e. The van der Waals surface area contributed by atoms with E-state index in [1.807, 2.05) is 68.9 Å². The predicted octanol–water partition coefficient (Wildman–Crippen LogP) is 7.78. The van der Waals surface area contributed by atoms with Crippen molar-refractivity contribution < 1.29 is 19.1 Å². The molecule has 0 atom stereocenters. The Morgan fingerprint density at radius 3 is 2.43 bits per heavy atom. The van der Waals surface area contributed by atoms with Crippen LogP contribution in [0, 0.1) is 27.7 Å². The molecule has 2 N–H and O–H groups in total. The van der Waals surface area contributed by atoms with Gasteiger partial charge >= 0.3 is 5.97 Å². The van der Waals surface area contributed by atoms with Gasteiger partial charge in [0, 0.05) is 53.9 Å². The van der Waals surface area contributed by atoms with Gasteiger partial charge in [-0.2, -0.15) is 5.10 Å². The number of hydrogen-bond acceptors (Lipinski definition) is 6. The van der Waals surface area contributed by atoms with Gasteiger partial charge < -0.3 is 24.7 Å². The van der Waals surface area contributed by atoms with Crippen molar-refractivity contribution in [3.63, 3.8) is 0 Å². The number of esters is 1. The number of carbonyl (C=O) groups is 2. The third-order valence-electron chi connectivity index (χ3n) is 9.56. The van der Waals surface area contributed by atoms with Crippen LogP contribution in [0.1, 0.15) is 73.8 Å². The van der Waals surface area contributed by atoms with Gasteiger partial charge in [-0.25, -0.2) is 4.79 Å². The lowest BCUT2D eigenvalue weighted by atomic mass is 9.98. The Balaban J connectivity index is 1.29. The van der Waals surface area contributed by atoms with E-state index in [0.29, 0.717) is 30.7 Å². The van der Waals surface area contributed by atoms with Crippen LogP contribution in [0.5, 0.6) is 5.75 Å². The molecule has 2 aromatic heterocycles. The van der Waals surface area contributed by atoms with E-state index in [2.05, 4.69) is 39.4 Å². The zero-order valence-corrected chi connectivity index (χ0v) is 29.9. The fourth-order valence-corrected chi connectivity index (χ4v) is 7.11. The van der Waals surface area contributed by atoms with Crippen molar-refractivity contribution in [2.45, 2.75) is 59.9 Å². The second-order valence-electron chi connectivity index (χ2n) is 12.9. The number of aromatic nitrogens is 3. The van der Waals surface area contributed by atoms with Crippen LogP contribution in [0.15, 0.2) is 48.5 Å². The summed E-state index contributed by atoms with van der Waals surface area (Å²) in [6, 6.07) is 15.8. The second kappa shape index (κ2) is 14.4. The van der Waals surface area contributed by atoms with Crippen LogP contribution in [-0.2, 0) is 24.8 Å². The van der Waals surface area contributed by atoms with Gasteiger partial charge in [-0.1, -0.05) is 35.9 Å². The molecule has 0 unspecified atom stereocenters. The molecular formula is C39H44ClN5O4. The first-order valence-electron chi connectivity index (χ1n) is 16.9. The largest absolute Gasteiger partial charge is 0.494 e. The maximum absolute atomic E-state index is 14.0. The summed E-state index contributed by atoms with van der Waals surface area (Å²) < 4.78 is 13.1. The lowest BCUT2D eigenvalue weighted by Gasteiger charge is -2.21. The Hall–Kier alpha value is -4.76. The van der Waals surface area contributed by atoms with E-state index < -0.39 is 0 Å². The van der Waals surface area contributed by atoms with Crippen LogP contribution < -0.4 is 15.0 Å². The summed E-state index contributed by atoms with van der Waals surface area (Å²) in [5.41, 5.74) is 10.5. The Labute approximate surface area is 292 Å². The van der Waals surface area contributed by atoms with Gasteiger partial charge in [-0.3, -0.25) is 9.48 Å². The molecule has 49 heavy (non-hydrogen) atoms. The molecule has 1 saturated heterocycles. The average Bonchev–Trinajstić information content (AvgIpc) is 3.82. The molecule has 1 aliphatic heterocycles. The molecule has 0 aliphatic carbocycles. The summed E-state index contributed by atoms with van der Waals surface area (Å²) in [5.74, 6) is 0.181. The summed E-state index contributed by atoms with van der Waals surface area (Å²) in [7, 11) is 3.34. The number of anilines is 1. The van der Waals surface area contributed by atoms with Gasteiger partial charge in [-0.05, 0) is 99.9 Å². The Bertz CT molecular complexity index is 2020. The highest BCUT2D eigenvalue weighted by molar-refractivity contribution is 6.32. The smallest absolute Gasteiger partial charge is 0.339 e. The summed E-state index contributed by atoms with van der Waals surface area (Å²) >= 11 is 6.36. The fraction of sp³-hybridized carbons (Fsp3) is 0.359. The highest BCUT2D eigenvalue weighted by Crippen LogP contribution is 2.36. The monoisotopic (exact) mass is 681 g/mol. The zero-order chi connectivity index (χ0) is 34.8. The number of methoxy groups -OCH3 is 1. The van der Waals surface area contributed by atoms with E-state index in [0.717, 1.165) is 98.1 Å². The summed E-state index contributed by atoms with van der Waals surface area (Å²) in [5, 5.41) is 9.50. The quantitative estimate of drug-likeness (QED) is 0.109. The van der Waals surface area contributed by atoms with Crippen LogP contribution >= 0.6 is 11.6 Å². The van der Waals surface area contributed by atoms with Crippen molar-refractivity contribution in [2.24, 2.45) is 7.05 Å². The number of para-hydroxylation sites is 1. The minimum absolute atomic E-state index is 0.218. The first-order chi connectivity index (χ1) is 23.6. The van der Waals surface area contributed by atoms with Crippen LogP contribution in [0.2, 0.25) is 5.02 Å². The molecule has 10 heteroatoms. The Morgan fingerprint density at radius 1 is 1.02 bits per heavy atom. The van der Waals surface area contributed by atoms with Crippen LogP contribution in [0.3, 0.4) is 0 Å². The molecule has 5 aromatic rings.